The quantitative estimate of drug-likeness (QED) is 0.600. The van der Waals surface area contributed by atoms with Gasteiger partial charge in [-0.25, -0.2) is 0 Å². The molecule has 0 saturated heterocycles. The molecule has 2 aromatic rings. The van der Waals surface area contributed by atoms with E-state index in [1.807, 2.05) is 54.6 Å². The highest BCUT2D eigenvalue weighted by atomic mass is 16.5. The predicted octanol–water partition coefficient (Wildman–Crippen LogP) is 3.68. The standard InChI is InChI=1S/C16H14O2/c1-18-16-8-3-2-7-15(16)10-9-13-5-4-6-14(11-13)12-17/h2-12H,1H3. The van der Waals surface area contributed by atoms with Gasteiger partial charge in [-0.3, -0.25) is 4.79 Å². The van der Waals surface area contributed by atoms with Crippen LogP contribution in [-0.4, -0.2) is 13.4 Å². The third kappa shape index (κ3) is 2.86. The molecule has 0 aliphatic heterocycles. The average Bonchev–Trinajstić information content (AvgIpc) is 2.45. The molecule has 2 heteroatoms. The van der Waals surface area contributed by atoms with E-state index in [-0.39, 0.29) is 0 Å². The van der Waals surface area contributed by atoms with Crippen LogP contribution in [0, 0.1) is 0 Å². The first-order valence-corrected chi connectivity index (χ1v) is 5.70. The van der Waals surface area contributed by atoms with Crippen molar-refractivity contribution < 1.29 is 9.53 Å². The fourth-order valence-corrected chi connectivity index (χ4v) is 1.73. The lowest BCUT2D eigenvalue weighted by Gasteiger charge is -2.03. The molecule has 0 spiro atoms. The van der Waals surface area contributed by atoms with Crippen molar-refractivity contribution in [3.8, 4) is 5.75 Å². The van der Waals surface area contributed by atoms with Gasteiger partial charge >= 0.3 is 0 Å². The lowest BCUT2D eigenvalue weighted by Crippen LogP contribution is -1.85. The van der Waals surface area contributed by atoms with E-state index in [1.165, 1.54) is 0 Å². The summed E-state index contributed by atoms with van der Waals surface area (Å²) in [4.78, 5) is 10.7. The maximum absolute atomic E-state index is 10.7. The van der Waals surface area contributed by atoms with Gasteiger partial charge in [0.05, 0.1) is 7.11 Å². The normalized spacial score (nSPS) is 10.5. The molecular weight excluding hydrogens is 224 g/mol. The summed E-state index contributed by atoms with van der Waals surface area (Å²) in [6.07, 6.45) is 4.79. The largest absolute Gasteiger partial charge is 0.496 e. The highest BCUT2D eigenvalue weighted by Gasteiger charge is 1.97. The molecule has 0 heterocycles. The Bertz CT molecular complexity index is 571. The molecule has 0 fully saturated rings. The van der Waals surface area contributed by atoms with E-state index in [4.69, 9.17) is 4.74 Å². The predicted molar refractivity (Wildman–Crippen MR) is 73.8 cm³/mol. The van der Waals surface area contributed by atoms with Crippen molar-refractivity contribution in [2.24, 2.45) is 0 Å². The summed E-state index contributed by atoms with van der Waals surface area (Å²) in [7, 11) is 1.65. The maximum Gasteiger partial charge on any atom is 0.150 e. The molecular formula is C16H14O2. The maximum atomic E-state index is 10.7. The van der Waals surface area contributed by atoms with Gasteiger partial charge in [-0.1, -0.05) is 48.6 Å². The minimum absolute atomic E-state index is 0.678. The molecule has 18 heavy (non-hydrogen) atoms. The summed E-state index contributed by atoms with van der Waals surface area (Å²) in [6, 6.07) is 15.3. The Balaban J connectivity index is 2.26. The van der Waals surface area contributed by atoms with Crippen LogP contribution in [0.2, 0.25) is 0 Å². The smallest absolute Gasteiger partial charge is 0.150 e. The van der Waals surface area contributed by atoms with Crippen LogP contribution in [0.5, 0.6) is 5.75 Å². The van der Waals surface area contributed by atoms with E-state index in [1.54, 1.807) is 13.2 Å². The molecule has 0 amide bonds. The van der Waals surface area contributed by atoms with Crippen molar-refractivity contribution in [2.75, 3.05) is 7.11 Å². The first kappa shape index (κ1) is 12.1. The van der Waals surface area contributed by atoms with E-state index >= 15 is 0 Å². The highest BCUT2D eigenvalue weighted by molar-refractivity contribution is 5.78. The van der Waals surface area contributed by atoms with Crippen LogP contribution < -0.4 is 4.74 Å². The molecule has 2 nitrogen and oxygen atoms in total. The van der Waals surface area contributed by atoms with Crippen molar-refractivity contribution >= 4 is 18.4 Å². The molecule has 0 aromatic heterocycles. The SMILES string of the molecule is COc1ccccc1C=Cc1cccc(C=O)c1. The average molecular weight is 238 g/mol. The zero-order chi connectivity index (χ0) is 12.8. The molecule has 0 N–H and O–H groups in total. The molecule has 2 rings (SSSR count). The lowest BCUT2D eigenvalue weighted by atomic mass is 10.1. The molecule has 0 aliphatic rings. The Kier molecular flexibility index (Phi) is 3.92. The minimum Gasteiger partial charge on any atom is -0.496 e. The van der Waals surface area contributed by atoms with Crippen LogP contribution >= 0.6 is 0 Å². The topological polar surface area (TPSA) is 26.3 Å². The van der Waals surface area contributed by atoms with Crippen molar-refractivity contribution in [2.45, 2.75) is 0 Å². The minimum atomic E-state index is 0.678. The van der Waals surface area contributed by atoms with Gasteiger partial charge < -0.3 is 4.74 Å². The Hall–Kier alpha value is -2.35. The Morgan fingerprint density at radius 3 is 2.50 bits per heavy atom. The van der Waals surface area contributed by atoms with Crippen molar-refractivity contribution in [1.29, 1.82) is 0 Å². The third-order valence-corrected chi connectivity index (χ3v) is 2.64. The number of rotatable bonds is 4. The van der Waals surface area contributed by atoms with E-state index in [0.717, 1.165) is 23.2 Å². The first-order chi connectivity index (χ1) is 8.83. The number of hydrogen-bond donors (Lipinski definition) is 0. The van der Waals surface area contributed by atoms with Crippen molar-refractivity contribution in [1.82, 2.24) is 0 Å². The molecule has 0 unspecified atom stereocenters. The number of methoxy groups -OCH3 is 1. The van der Waals surface area contributed by atoms with Crippen molar-refractivity contribution in [3.05, 3.63) is 65.2 Å². The summed E-state index contributed by atoms with van der Waals surface area (Å²) >= 11 is 0. The first-order valence-electron chi connectivity index (χ1n) is 5.70. The van der Waals surface area contributed by atoms with Crippen molar-refractivity contribution in [3.63, 3.8) is 0 Å². The van der Waals surface area contributed by atoms with Gasteiger partial charge in [0, 0.05) is 11.1 Å². The van der Waals surface area contributed by atoms with E-state index in [9.17, 15) is 4.79 Å². The molecule has 0 saturated carbocycles. The summed E-state index contributed by atoms with van der Waals surface area (Å²) in [5, 5.41) is 0. The molecule has 0 atom stereocenters. The molecule has 2 aromatic carbocycles. The van der Waals surface area contributed by atoms with Crippen LogP contribution in [-0.2, 0) is 0 Å². The molecule has 0 bridgehead atoms. The van der Waals surface area contributed by atoms with Gasteiger partial charge in [0.2, 0.25) is 0 Å². The second-order valence-electron chi connectivity index (χ2n) is 3.86. The summed E-state index contributed by atoms with van der Waals surface area (Å²) in [5.41, 5.74) is 2.68. The Morgan fingerprint density at radius 1 is 0.944 bits per heavy atom. The number of para-hydroxylation sites is 1. The van der Waals surface area contributed by atoms with Crippen LogP contribution in [0.3, 0.4) is 0 Å². The molecule has 0 radical (unpaired) electrons. The number of benzene rings is 2. The number of aldehydes is 1. The van der Waals surface area contributed by atoms with Gasteiger partial charge in [-0.05, 0) is 17.7 Å². The highest BCUT2D eigenvalue weighted by Crippen LogP contribution is 2.20. The zero-order valence-corrected chi connectivity index (χ0v) is 10.2. The Morgan fingerprint density at radius 2 is 1.72 bits per heavy atom. The van der Waals surface area contributed by atoms with Crippen LogP contribution in [0.1, 0.15) is 21.5 Å². The second kappa shape index (κ2) is 5.82. The number of hydrogen-bond acceptors (Lipinski definition) is 2. The van der Waals surface area contributed by atoms with Gasteiger partial charge in [0.1, 0.15) is 12.0 Å². The molecule has 90 valence electrons. The lowest BCUT2D eigenvalue weighted by molar-refractivity contribution is 0.112. The fourth-order valence-electron chi connectivity index (χ4n) is 1.73. The van der Waals surface area contributed by atoms with Gasteiger partial charge in [-0.15, -0.1) is 0 Å². The molecule has 0 aliphatic carbocycles. The van der Waals surface area contributed by atoms with Crippen LogP contribution in [0.15, 0.2) is 48.5 Å². The summed E-state index contributed by atoms with van der Waals surface area (Å²) in [6.45, 7) is 0. The van der Waals surface area contributed by atoms with Gasteiger partial charge in [0.15, 0.2) is 0 Å². The summed E-state index contributed by atoms with van der Waals surface area (Å²) < 4.78 is 5.27. The third-order valence-electron chi connectivity index (χ3n) is 2.64. The van der Waals surface area contributed by atoms with E-state index in [2.05, 4.69) is 0 Å². The van der Waals surface area contributed by atoms with Crippen LogP contribution in [0.4, 0.5) is 0 Å². The zero-order valence-electron chi connectivity index (χ0n) is 10.2. The summed E-state index contributed by atoms with van der Waals surface area (Å²) in [5.74, 6) is 0.834. The fraction of sp³-hybridized carbons (Fsp3) is 0.0625. The van der Waals surface area contributed by atoms with Crippen LogP contribution in [0.25, 0.3) is 12.2 Å². The second-order valence-corrected chi connectivity index (χ2v) is 3.86. The van der Waals surface area contributed by atoms with Gasteiger partial charge in [-0.2, -0.15) is 0 Å². The van der Waals surface area contributed by atoms with Gasteiger partial charge in [0.25, 0.3) is 0 Å². The number of carbonyl (C=O) groups excluding carboxylic acids is 1. The Labute approximate surface area is 107 Å². The van der Waals surface area contributed by atoms with E-state index in [0.29, 0.717) is 5.56 Å². The number of carbonyl (C=O) groups is 1. The monoisotopic (exact) mass is 238 g/mol. The number of ether oxygens (including phenoxy) is 1. The van der Waals surface area contributed by atoms with E-state index < -0.39 is 0 Å².